The van der Waals surface area contributed by atoms with E-state index < -0.39 is 0 Å². The number of benzene rings is 1. The van der Waals surface area contributed by atoms with Crippen LogP contribution in [0.4, 0.5) is 5.69 Å². The molecule has 2 saturated heterocycles. The highest BCUT2D eigenvalue weighted by Gasteiger charge is 2.56. The van der Waals surface area contributed by atoms with Gasteiger partial charge in [0.25, 0.3) is 0 Å². The first kappa shape index (κ1) is 12.0. The topological polar surface area (TPSA) is 24.1 Å². The van der Waals surface area contributed by atoms with Crippen molar-refractivity contribution in [2.45, 2.75) is 51.7 Å². The van der Waals surface area contributed by atoms with Gasteiger partial charge in [-0.2, -0.15) is 0 Å². The molecule has 1 aromatic carbocycles. The fourth-order valence-electron chi connectivity index (χ4n) is 3.91. The predicted octanol–water partition coefficient (Wildman–Crippen LogP) is 3.26. The van der Waals surface area contributed by atoms with Gasteiger partial charge in [0, 0.05) is 23.8 Å². The predicted molar refractivity (Wildman–Crippen MR) is 76.7 cm³/mol. The molecule has 1 saturated carbocycles. The molecule has 2 aliphatic heterocycles. The molecule has 0 radical (unpaired) electrons. The molecule has 2 N–H and O–H groups in total. The third-order valence-electron chi connectivity index (χ3n) is 5.11. The van der Waals surface area contributed by atoms with Crippen molar-refractivity contribution in [2.75, 3.05) is 5.32 Å². The third kappa shape index (κ3) is 1.74. The maximum atomic E-state index is 3.75. The largest absolute Gasteiger partial charge is 0.382 e. The smallest absolute Gasteiger partial charge is 0.0342 e. The zero-order chi connectivity index (χ0) is 12.8. The van der Waals surface area contributed by atoms with Crippen LogP contribution >= 0.6 is 0 Å². The van der Waals surface area contributed by atoms with Crippen molar-refractivity contribution >= 4 is 5.69 Å². The summed E-state index contributed by atoms with van der Waals surface area (Å²) in [6.07, 6.45) is 2.50. The molecular weight excluding hydrogens is 220 g/mol. The number of anilines is 1. The first-order valence-corrected chi connectivity index (χ1v) is 7.20. The highest BCUT2D eigenvalue weighted by atomic mass is 15.1. The Balaban J connectivity index is 1.74. The molecule has 1 aliphatic carbocycles. The second-order valence-corrected chi connectivity index (χ2v) is 6.44. The first-order chi connectivity index (χ1) is 8.63. The Morgan fingerprint density at radius 3 is 2.61 bits per heavy atom. The quantitative estimate of drug-likeness (QED) is 0.853. The normalized spacial score (nSPS) is 36.8. The minimum Gasteiger partial charge on any atom is -0.382 e. The van der Waals surface area contributed by atoms with E-state index in [1.165, 1.54) is 18.5 Å². The van der Waals surface area contributed by atoms with Gasteiger partial charge in [0.05, 0.1) is 0 Å². The summed E-state index contributed by atoms with van der Waals surface area (Å²) >= 11 is 0. The van der Waals surface area contributed by atoms with Gasteiger partial charge in [0.1, 0.15) is 0 Å². The summed E-state index contributed by atoms with van der Waals surface area (Å²) in [5.41, 5.74) is 1.75. The highest BCUT2D eigenvalue weighted by molar-refractivity contribution is 5.44. The lowest BCUT2D eigenvalue weighted by Gasteiger charge is -2.63. The van der Waals surface area contributed by atoms with Crippen LogP contribution in [0.25, 0.3) is 0 Å². The lowest BCUT2D eigenvalue weighted by molar-refractivity contribution is -0.0477. The molecule has 2 unspecified atom stereocenters. The van der Waals surface area contributed by atoms with Crippen LogP contribution in [-0.4, -0.2) is 18.1 Å². The number of hydrogen-bond donors (Lipinski definition) is 2. The minimum atomic E-state index is 0.482. The van der Waals surface area contributed by atoms with Crippen LogP contribution in [0.5, 0.6) is 0 Å². The maximum Gasteiger partial charge on any atom is 0.0342 e. The number of fused-ring (bicyclic) bond motifs is 2. The molecule has 2 nitrogen and oxygen atoms in total. The van der Waals surface area contributed by atoms with E-state index in [1.807, 2.05) is 0 Å². The fraction of sp³-hybridized carbons (Fsp3) is 0.625. The molecule has 3 fully saturated rings. The molecule has 0 aromatic heterocycles. The second kappa shape index (κ2) is 4.27. The molecule has 98 valence electrons. The molecule has 0 spiro atoms. The number of para-hydroxylation sites is 1. The van der Waals surface area contributed by atoms with E-state index in [0.29, 0.717) is 23.5 Å². The van der Waals surface area contributed by atoms with Crippen molar-refractivity contribution in [1.82, 2.24) is 5.32 Å². The van der Waals surface area contributed by atoms with Crippen LogP contribution in [0.2, 0.25) is 0 Å². The Kier molecular flexibility index (Phi) is 2.86. The molecule has 1 aromatic rings. The van der Waals surface area contributed by atoms with Crippen LogP contribution in [0.3, 0.4) is 0 Å². The number of nitrogens with one attached hydrogen (secondary N) is 2. The van der Waals surface area contributed by atoms with Crippen LogP contribution < -0.4 is 10.6 Å². The summed E-state index contributed by atoms with van der Waals surface area (Å²) in [4.78, 5) is 0. The Hall–Kier alpha value is -1.02. The molecule has 2 heterocycles. The number of rotatable bonds is 3. The standard InChI is InChI=1S/C16H24N2/c1-4-12-13(17-11-8-6-5-7-9-11)10-14-16(2,3)15(12)18-14/h5-9,12-15,17-18H,4,10H2,1-3H3/t12-,13+,14?,15?/m0/s1. The van der Waals surface area contributed by atoms with Gasteiger partial charge < -0.3 is 10.6 Å². The summed E-state index contributed by atoms with van der Waals surface area (Å²) in [7, 11) is 0. The summed E-state index contributed by atoms with van der Waals surface area (Å²) in [5.74, 6) is 0.741. The minimum absolute atomic E-state index is 0.482. The molecule has 0 amide bonds. The molecule has 4 rings (SSSR count). The molecule has 2 heteroatoms. The van der Waals surface area contributed by atoms with E-state index in [-0.39, 0.29) is 0 Å². The van der Waals surface area contributed by atoms with Crippen LogP contribution in [-0.2, 0) is 0 Å². The van der Waals surface area contributed by atoms with Gasteiger partial charge in [0.15, 0.2) is 0 Å². The van der Waals surface area contributed by atoms with Crippen molar-refractivity contribution in [2.24, 2.45) is 11.3 Å². The zero-order valence-electron chi connectivity index (χ0n) is 11.6. The average Bonchev–Trinajstić information content (AvgIpc) is 2.39. The van der Waals surface area contributed by atoms with E-state index in [2.05, 4.69) is 61.7 Å². The van der Waals surface area contributed by atoms with Crippen molar-refractivity contribution < 1.29 is 0 Å². The van der Waals surface area contributed by atoms with Gasteiger partial charge in [-0.3, -0.25) is 0 Å². The SMILES string of the molecule is CC[C@@H]1C2NC(C[C@H]1Nc1ccccc1)C2(C)C. The van der Waals surface area contributed by atoms with Crippen molar-refractivity contribution in [3.63, 3.8) is 0 Å². The summed E-state index contributed by atoms with van der Waals surface area (Å²) in [6.45, 7) is 7.15. The Morgan fingerprint density at radius 2 is 2.00 bits per heavy atom. The fourth-order valence-corrected chi connectivity index (χ4v) is 3.91. The van der Waals surface area contributed by atoms with Gasteiger partial charge in [-0.15, -0.1) is 0 Å². The maximum absolute atomic E-state index is 3.75. The van der Waals surface area contributed by atoms with Gasteiger partial charge in [0.2, 0.25) is 0 Å². The van der Waals surface area contributed by atoms with Crippen molar-refractivity contribution in [3.05, 3.63) is 30.3 Å². The van der Waals surface area contributed by atoms with Crippen LogP contribution in [0.1, 0.15) is 33.6 Å². The Bertz CT molecular complexity index is 412. The first-order valence-electron chi connectivity index (χ1n) is 7.20. The molecule has 3 aliphatic rings. The Morgan fingerprint density at radius 1 is 1.28 bits per heavy atom. The molecular formula is C16H24N2. The molecule has 18 heavy (non-hydrogen) atoms. The summed E-state index contributed by atoms with van der Waals surface area (Å²) in [5, 5.41) is 7.49. The van der Waals surface area contributed by atoms with E-state index in [0.717, 1.165) is 5.92 Å². The van der Waals surface area contributed by atoms with E-state index in [9.17, 15) is 0 Å². The van der Waals surface area contributed by atoms with Crippen LogP contribution in [0.15, 0.2) is 30.3 Å². The van der Waals surface area contributed by atoms with Gasteiger partial charge in [-0.05, 0) is 36.3 Å². The summed E-state index contributed by atoms with van der Waals surface area (Å²) in [6, 6.07) is 12.6. The molecule has 2 bridgehead atoms. The Labute approximate surface area is 110 Å². The van der Waals surface area contributed by atoms with Crippen LogP contribution in [0, 0.1) is 11.3 Å². The second-order valence-electron chi connectivity index (χ2n) is 6.44. The molecule has 4 atom stereocenters. The monoisotopic (exact) mass is 244 g/mol. The van der Waals surface area contributed by atoms with Crippen molar-refractivity contribution in [1.29, 1.82) is 0 Å². The summed E-state index contributed by atoms with van der Waals surface area (Å²) < 4.78 is 0. The lowest BCUT2D eigenvalue weighted by Crippen LogP contribution is -2.76. The van der Waals surface area contributed by atoms with E-state index >= 15 is 0 Å². The highest BCUT2D eigenvalue weighted by Crippen LogP contribution is 2.48. The average molecular weight is 244 g/mol. The zero-order valence-corrected chi connectivity index (χ0v) is 11.6. The van der Waals surface area contributed by atoms with Gasteiger partial charge >= 0.3 is 0 Å². The van der Waals surface area contributed by atoms with E-state index in [4.69, 9.17) is 0 Å². The lowest BCUT2D eigenvalue weighted by atomic mass is 9.56. The van der Waals surface area contributed by atoms with Gasteiger partial charge in [-0.25, -0.2) is 0 Å². The number of hydrogen-bond acceptors (Lipinski definition) is 2. The van der Waals surface area contributed by atoms with Gasteiger partial charge in [-0.1, -0.05) is 39.0 Å². The van der Waals surface area contributed by atoms with E-state index in [1.54, 1.807) is 0 Å². The van der Waals surface area contributed by atoms with Crippen molar-refractivity contribution in [3.8, 4) is 0 Å². The number of piperidine rings is 1. The third-order valence-corrected chi connectivity index (χ3v) is 5.11.